The molecule has 0 saturated heterocycles. The van der Waals surface area contributed by atoms with Gasteiger partial charge in [-0.2, -0.15) is 0 Å². The van der Waals surface area contributed by atoms with E-state index in [-0.39, 0.29) is 5.78 Å². The van der Waals surface area contributed by atoms with E-state index >= 15 is 0 Å². The van der Waals surface area contributed by atoms with Gasteiger partial charge in [-0.3, -0.25) is 4.79 Å². The van der Waals surface area contributed by atoms with Crippen LogP contribution in [0, 0.1) is 0 Å². The Hall–Kier alpha value is -1.55. The molecule has 4 nitrogen and oxygen atoms in total. The molecule has 4 heteroatoms. The van der Waals surface area contributed by atoms with Gasteiger partial charge < -0.3 is 15.4 Å². The number of nitrogens with zero attached hydrogens (tertiary/aromatic N) is 1. The SMILES string of the molecule is CCCN1CCOc2ccc(C(=O)C(C)N)cc21. The smallest absolute Gasteiger partial charge is 0.179 e. The number of nitrogens with two attached hydrogens (primary N) is 1. The molecule has 0 radical (unpaired) electrons. The van der Waals surface area contributed by atoms with E-state index in [4.69, 9.17) is 10.5 Å². The third kappa shape index (κ3) is 2.48. The van der Waals surface area contributed by atoms with Crippen molar-refractivity contribution in [2.24, 2.45) is 5.73 Å². The molecule has 0 spiro atoms. The van der Waals surface area contributed by atoms with Crippen LogP contribution in [0.2, 0.25) is 0 Å². The van der Waals surface area contributed by atoms with Crippen molar-refractivity contribution in [1.29, 1.82) is 0 Å². The minimum Gasteiger partial charge on any atom is -0.490 e. The van der Waals surface area contributed by atoms with Crippen molar-refractivity contribution in [3.8, 4) is 5.75 Å². The molecule has 0 aromatic heterocycles. The number of fused-ring (bicyclic) bond motifs is 1. The first kappa shape index (κ1) is 12.9. The number of carbonyl (C=O) groups is 1. The van der Waals surface area contributed by atoms with Gasteiger partial charge in [-0.15, -0.1) is 0 Å². The Balaban J connectivity index is 2.33. The summed E-state index contributed by atoms with van der Waals surface area (Å²) in [5.41, 5.74) is 7.31. The van der Waals surface area contributed by atoms with Gasteiger partial charge in [0.25, 0.3) is 0 Å². The van der Waals surface area contributed by atoms with Gasteiger partial charge in [-0.25, -0.2) is 0 Å². The molecule has 0 amide bonds. The average Bonchev–Trinajstić information content (AvgIpc) is 2.38. The summed E-state index contributed by atoms with van der Waals surface area (Å²) in [6.07, 6.45) is 1.07. The van der Waals surface area contributed by atoms with Gasteiger partial charge in [-0.05, 0) is 31.5 Å². The van der Waals surface area contributed by atoms with E-state index in [2.05, 4.69) is 11.8 Å². The summed E-state index contributed by atoms with van der Waals surface area (Å²) in [5.74, 6) is 0.829. The summed E-state index contributed by atoms with van der Waals surface area (Å²) in [4.78, 5) is 14.2. The van der Waals surface area contributed by atoms with E-state index in [1.807, 2.05) is 12.1 Å². The van der Waals surface area contributed by atoms with Gasteiger partial charge >= 0.3 is 0 Å². The summed E-state index contributed by atoms with van der Waals surface area (Å²) in [6, 6.07) is 5.09. The monoisotopic (exact) mass is 248 g/mol. The number of ether oxygens (including phenoxy) is 1. The van der Waals surface area contributed by atoms with Crippen molar-refractivity contribution in [3.05, 3.63) is 23.8 Å². The summed E-state index contributed by atoms with van der Waals surface area (Å²) < 4.78 is 5.61. The lowest BCUT2D eigenvalue weighted by atomic mass is 10.0. The molecule has 1 aromatic rings. The highest BCUT2D eigenvalue weighted by Gasteiger charge is 2.20. The molecular formula is C14H20N2O2. The molecule has 2 N–H and O–H groups in total. The minimum atomic E-state index is -0.466. The van der Waals surface area contributed by atoms with Crippen molar-refractivity contribution in [2.45, 2.75) is 26.3 Å². The van der Waals surface area contributed by atoms with E-state index in [1.165, 1.54) is 0 Å². The molecule has 98 valence electrons. The Morgan fingerprint density at radius 1 is 1.56 bits per heavy atom. The summed E-state index contributed by atoms with van der Waals surface area (Å²) in [6.45, 7) is 6.41. The number of rotatable bonds is 4. The van der Waals surface area contributed by atoms with E-state index in [0.717, 1.165) is 30.9 Å². The standard InChI is InChI=1S/C14H20N2O2/c1-3-6-16-7-8-18-13-5-4-11(9-12(13)16)14(17)10(2)15/h4-5,9-10H,3,6-8,15H2,1-2H3. The van der Waals surface area contributed by atoms with Gasteiger partial charge in [0.15, 0.2) is 5.78 Å². The molecule has 1 heterocycles. The maximum Gasteiger partial charge on any atom is 0.179 e. The molecule has 1 aromatic carbocycles. The molecule has 1 aliphatic rings. The maximum atomic E-state index is 11.9. The van der Waals surface area contributed by atoms with Crippen LogP contribution >= 0.6 is 0 Å². The second-order valence-corrected chi connectivity index (χ2v) is 4.67. The number of hydrogen-bond donors (Lipinski definition) is 1. The van der Waals surface area contributed by atoms with Crippen LogP contribution in [-0.4, -0.2) is 31.5 Å². The second kappa shape index (κ2) is 5.40. The van der Waals surface area contributed by atoms with Crippen LogP contribution in [0.4, 0.5) is 5.69 Å². The van der Waals surface area contributed by atoms with Crippen LogP contribution in [0.5, 0.6) is 5.75 Å². The molecule has 1 atom stereocenters. The fourth-order valence-electron chi connectivity index (χ4n) is 2.19. The highest BCUT2D eigenvalue weighted by Crippen LogP contribution is 2.32. The van der Waals surface area contributed by atoms with E-state index in [0.29, 0.717) is 12.2 Å². The largest absolute Gasteiger partial charge is 0.490 e. The Kier molecular flexibility index (Phi) is 3.87. The van der Waals surface area contributed by atoms with Gasteiger partial charge in [0, 0.05) is 12.1 Å². The van der Waals surface area contributed by atoms with Crippen molar-refractivity contribution < 1.29 is 9.53 Å². The maximum absolute atomic E-state index is 11.9. The third-order valence-corrected chi connectivity index (χ3v) is 3.11. The first-order valence-electron chi connectivity index (χ1n) is 6.45. The third-order valence-electron chi connectivity index (χ3n) is 3.11. The highest BCUT2D eigenvalue weighted by atomic mass is 16.5. The Labute approximate surface area is 108 Å². The first-order chi connectivity index (χ1) is 8.63. The fourth-order valence-corrected chi connectivity index (χ4v) is 2.19. The molecule has 1 aliphatic heterocycles. The average molecular weight is 248 g/mol. The number of carbonyl (C=O) groups excluding carboxylic acids is 1. The van der Waals surface area contributed by atoms with Crippen molar-refractivity contribution >= 4 is 11.5 Å². The molecule has 0 fully saturated rings. The summed E-state index contributed by atoms with van der Waals surface area (Å²) in [7, 11) is 0. The van der Waals surface area contributed by atoms with Crippen molar-refractivity contribution in [3.63, 3.8) is 0 Å². The zero-order valence-electron chi connectivity index (χ0n) is 11.0. The van der Waals surface area contributed by atoms with Crippen LogP contribution in [0.1, 0.15) is 30.6 Å². The number of hydrogen-bond acceptors (Lipinski definition) is 4. The lowest BCUT2D eigenvalue weighted by molar-refractivity contribution is 0.0968. The molecule has 2 rings (SSSR count). The predicted octanol–water partition coefficient (Wildman–Crippen LogP) is 1.83. The number of Topliss-reactive ketones (excluding diaryl/α,β-unsaturated/α-hetero) is 1. The second-order valence-electron chi connectivity index (χ2n) is 4.67. The van der Waals surface area contributed by atoms with Crippen LogP contribution in [-0.2, 0) is 0 Å². The topological polar surface area (TPSA) is 55.6 Å². The van der Waals surface area contributed by atoms with Gasteiger partial charge in [0.1, 0.15) is 12.4 Å². The van der Waals surface area contributed by atoms with Crippen molar-refractivity contribution in [1.82, 2.24) is 0 Å². The van der Waals surface area contributed by atoms with E-state index < -0.39 is 6.04 Å². The number of ketones is 1. The summed E-state index contributed by atoms with van der Waals surface area (Å²) in [5, 5.41) is 0. The zero-order valence-corrected chi connectivity index (χ0v) is 11.0. The zero-order chi connectivity index (χ0) is 13.1. The lowest BCUT2D eigenvalue weighted by Crippen LogP contribution is -2.34. The van der Waals surface area contributed by atoms with Gasteiger partial charge in [0.05, 0.1) is 18.3 Å². The Bertz CT molecular complexity index is 443. The molecule has 18 heavy (non-hydrogen) atoms. The molecule has 1 unspecified atom stereocenters. The van der Waals surface area contributed by atoms with E-state index in [9.17, 15) is 4.79 Å². The molecular weight excluding hydrogens is 228 g/mol. The number of anilines is 1. The quantitative estimate of drug-likeness (QED) is 0.826. The van der Waals surface area contributed by atoms with Crippen molar-refractivity contribution in [2.75, 3.05) is 24.6 Å². The van der Waals surface area contributed by atoms with Gasteiger partial charge in [-0.1, -0.05) is 6.92 Å². The molecule has 0 saturated carbocycles. The molecule has 0 aliphatic carbocycles. The fraction of sp³-hybridized carbons (Fsp3) is 0.500. The van der Waals surface area contributed by atoms with Crippen LogP contribution in [0.25, 0.3) is 0 Å². The van der Waals surface area contributed by atoms with Crippen LogP contribution in [0.3, 0.4) is 0 Å². The lowest BCUT2D eigenvalue weighted by Gasteiger charge is -2.31. The van der Waals surface area contributed by atoms with Crippen LogP contribution in [0.15, 0.2) is 18.2 Å². The molecule has 0 bridgehead atoms. The minimum absolute atomic E-state index is 0.0279. The highest BCUT2D eigenvalue weighted by molar-refractivity contribution is 6.00. The van der Waals surface area contributed by atoms with Gasteiger partial charge in [0.2, 0.25) is 0 Å². The Morgan fingerprint density at radius 2 is 2.33 bits per heavy atom. The normalized spacial score (nSPS) is 15.8. The van der Waals surface area contributed by atoms with Crippen LogP contribution < -0.4 is 15.4 Å². The van der Waals surface area contributed by atoms with E-state index in [1.54, 1.807) is 13.0 Å². The predicted molar refractivity (Wildman–Crippen MR) is 72.4 cm³/mol. The Morgan fingerprint density at radius 3 is 3.00 bits per heavy atom. The number of benzene rings is 1. The summed E-state index contributed by atoms with van der Waals surface area (Å²) >= 11 is 0. The first-order valence-corrected chi connectivity index (χ1v) is 6.45.